The summed E-state index contributed by atoms with van der Waals surface area (Å²) in [5.41, 5.74) is 1.72. The summed E-state index contributed by atoms with van der Waals surface area (Å²) in [7, 11) is -2.16. The summed E-state index contributed by atoms with van der Waals surface area (Å²) in [4.78, 5) is 4.40. The quantitative estimate of drug-likeness (QED) is 0.510. The van der Waals surface area contributed by atoms with Crippen LogP contribution in [0.1, 0.15) is 6.42 Å². The Hall–Kier alpha value is -2.06. The van der Waals surface area contributed by atoms with E-state index in [-0.39, 0.29) is 16.5 Å². The van der Waals surface area contributed by atoms with Crippen LogP contribution >= 0.6 is 23.2 Å². The Labute approximate surface area is 173 Å². The number of sulfonamides is 1. The van der Waals surface area contributed by atoms with Crippen molar-refractivity contribution >= 4 is 49.8 Å². The molecule has 0 aliphatic carbocycles. The van der Waals surface area contributed by atoms with Crippen molar-refractivity contribution in [2.24, 2.45) is 0 Å². The average molecular weight is 440 g/mol. The van der Waals surface area contributed by atoms with Crippen LogP contribution in [0.15, 0.2) is 53.6 Å². The molecule has 0 spiro atoms. The van der Waals surface area contributed by atoms with Gasteiger partial charge >= 0.3 is 0 Å². The van der Waals surface area contributed by atoms with E-state index in [1.54, 1.807) is 12.3 Å². The lowest BCUT2D eigenvalue weighted by Gasteiger charge is -2.11. The van der Waals surface area contributed by atoms with Crippen molar-refractivity contribution in [2.45, 2.75) is 11.3 Å². The van der Waals surface area contributed by atoms with Gasteiger partial charge in [0.1, 0.15) is 5.75 Å². The monoisotopic (exact) mass is 439 g/mol. The van der Waals surface area contributed by atoms with Gasteiger partial charge < -0.3 is 10.1 Å². The minimum atomic E-state index is -3.63. The average Bonchev–Trinajstić information content (AvgIpc) is 2.67. The third kappa shape index (κ3) is 4.86. The number of halogens is 2. The largest absolute Gasteiger partial charge is 0.495 e. The van der Waals surface area contributed by atoms with Crippen LogP contribution in [0.4, 0.5) is 5.69 Å². The normalized spacial score (nSPS) is 11.5. The third-order valence-corrected chi connectivity index (χ3v) is 6.09. The molecule has 0 unspecified atom stereocenters. The van der Waals surface area contributed by atoms with Gasteiger partial charge in [-0.1, -0.05) is 23.2 Å². The highest BCUT2D eigenvalue weighted by molar-refractivity contribution is 7.89. The van der Waals surface area contributed by atoms with Gasteiger partial charge in [-0.05, 0) is 48.9 Å². The molecule has 2 aromatic carbocycles. The predicted octanol–water partition coefficient (Wildman–Crippen LogP) is 4.33. The van der Waals surface area contributed by atoms with E-state index < -0.39 is 10.0 Å². The van der Waals surface area contributed by atoms with Gasteiger partial charge in [0.2, 0.25) is 10.0 Å². The molecule has 6 nitrogen and oxygen atoms in total. The highest BCUT2D eigenvalue weighted by Gasteiger charge is 2.15. The summed E-state index contributed by atoms with van der Waals surface area (Å²) >= 11 is 12.0. The standard InChI is InChI=1S/C19H19Cl2N3O3S/c1-27-19-6-4-14(12-16(19)21)28(25,26)24-9-2-8-22-17-7-10-23-18-11-13(20)3-5-15(17)18/h3-7,10-12,24H,2,8-9H2,1H3,(H,22,23). The molecular weight excluding hydrogens is 421 g/mol. The molecule has 0 atom stereocenters. The number of hydrogen-bond acceptors (Lipinski definition) is 5. The lowest BCUT2D eigenvalue weighted by atomic mass is 10.2. The zero-order valence-corrected chi connectivity index (χ0v) is 17.4. The molecule has 0 aliphatic rings. The van der Waals surface area contributed by atoms with Crippen LogP contribution in [-0.4, -0.2) is 33.6 Å². The van der Waals surface area contributed by atoms with Gasteiger partial charge in [0, 0.05) is 35.4 Å². The summed E-state index contributed by atoms with van der Waals surface area (Å²) in [6.45, 7) is 0.876. The van der Waals surface area contributed by atoms with Crippen molar-refractivity contribution in [3.63, 3.8) is 0 Å². The van der Waals surface area contributed by atoms with E-state index in [1.807, 2.05) is 18.2 Å². The number of fused-ring (bicyclic) bond motifs is 1. The fraction of sp³-hybridized carbons (Fsp3) is 0.211. The molecule has 3 rings (SSSR count). The molecule has 148 valence electrons. The number of nitrogens with zero attached hydrogens (tertiary/aromatic N) is 1. The topological polar surface area (TPSA) is 80.3 Å². The number of nitrogens with one attached hydrogen (secondary N) is 2. The second kappa shape index (κ2) is 8.96. The van der Waals surface area contributed by atoms with Gasteiger partial charge in [-0.25, -0.2) is 13.1 Å². The first-order valence-corrected chi connectivity index (χ1v) is 10.8. The second-order valence-electron chi connectivity index (χ2n) is 5.99. The Morgan fingerprint density at radius 3 is 2.64 bits per heavy atom. The van der Waals surface area contributed by atoms with Gasteiger partial charge in [0.25, 0.3) is 0 Å². The molecule has 0 amide bonds. The maximum Gasteiger partial charge on any atom is 0.240 e. The summed E-state index contributed by atoms with van der Waals surface area (Å²) < 4.78 is 32.4. The first-order chi connectivity index (χ1) is 13.4. The molecule has 0 radical (unpaired) electrons. The summed E-state index contributed by atoms with van der Waals surface area (Å²) in [6.07, 6.45) is 2.30. The molecule has 0 aliphatic heterocycles. The highest BCUT2D eigenvalue weighted by Crippen LogP contribution is 2.27. The molecular formula is C19H19Cl2N3O3S. The molecule has 2 N–H and O–H groups in total. The summed E-state index contributed by atoms with van der Waals surface area (Å²) in [6, 6.07) is 11.7. The number of anilines is 1. The van der Waals surface area contributed by atoms with Crippen LogP contribution in [0.25, 0.3) is 10.9 Å². The number of rotatable bonds is 8. The van der Waals surface area contributed by atoms with Crippen LogP contribution in [-0.2, 0) is 10.0 Å². The van der Waals surface area contributed by atoms with Crippen LogP contribution in [0.5, 0.6) is 5.75 Å². The van der Waals surface area contributed by atoms with Crippen molar-refractivity contribution in [1.29, 1.82) is 0 Å². The summed E-state index contributed by atoms with van der Waals surface area (Å²) in [5.74, 6) is 0.427. The van der Waals surface area contributed by atoms with E-state index in [0.29, 0.717) is 23.7 Å². The molecule has 28 heavy (non-hydrogen) atoms. The number of ether oxygens (including phenoxy) is 1. The molecule has 3 aromatic rings. The molecule has 1 heterocycles. The SMILES string of the molecule is COc1ccc(S(=O)(=O)NCCCNc2ccnc3cc(Cl)ccc23)cc1Cl. The van der Waals surface area contributed by atoms with Crippen LogP contribution in [0.3, 0.4) is 0 Å². The van der Waals surface area contributed by atoms with Gasteiger partial charge in [0.15, 0.2) is 0 Å². The minimum absolute atomic E-state index is 0.100. The van der Waals surface area contributed by atoms with Gasteiger partial charge in [0.05, 0.1) is 22.5 Å². The van der Waals surface area contributed by atoms with Gasteiger partial charge in [-0.2, -0.15) is 0 Å². The van der Waals surface area contributed by atoms with Crippen molar-refractivity contribution in [1.82, 2.24) is 9.71 Å². The fourth-order valence-electron chi connectivity index (χ4n) is 2.69. The molecule has 0 saturated heterocycles. The van der Waals surface area contributed by atoms with Crippen molar-refractivity contribution in [3.8, 4) is 5.75 Å². The second-order valence-corrected chi connectivity index (χ2v) is 8.61. The van der Waals surface area contributed by atoms with Crippen molar-refractivity contribution in [2.75, 3.05) is 25.5 Å². The van der Waals surface area contributed by atoms with Crippen molar-refractivity contribution in [3.05, 3.63) is 58.7 Å². The number of hydrogen-bond donors (Lipinski definition) is 2. The first-order valence-electron chi connectivity index (χ1n) is 8.52. The fourth-order valence-corrected chi connectivity index (χ4v) is 4.28. The van der Waals surface area contributed by atoms with Crippen LogP contribution in [0, 0.1) is 0 Å². The minimum Gasteiger partial charge on any atom is -0.495 e. The van der Waals surface area contributed by atoms with Crippen LogP contribution in [0.2, 0.25) is 10.0 Å². The van der Waals surface area contributed by atoms with E-state index in [9.17, 15) is 8.42 Å². The van der Waals surface area contributed by atoms with E-state index in [4.69, 9.17) is 27.9 Å². The zero-order valence-electron chi connectivity index (χ0n) is 15.1. The number of pyridine rings is 1. The van der Waals surface area contributed by atoms with E-state index >= 15 is 0 Å². The smallest absolute Gasteiger partial charge is 0.240 e. The molecule has 0 saturated carbocycles. The summed E-state index contributed by atoms with van der Waals surface area (Å²) in [5, 5.41) is 5.14. The zero-order chi connectivity index (χ0) is 20.1. The Balaban J connectivity index is 1.55. The van der Waals surface area contributed by atoms with Crippen molar-refractivity contribution < 1.29 is 13.2 Å². The van der Waals surface area contributed by atoms with E-state index in [2.05, 4.69) is 15.0 Å². The lowest BCUT2D eigenvalue weighted by molar-refractivity contribution is 0.414. The Morgan fingerprint density at radius 1 is 1.07 bits per heavy atom. The van der Waals surface area contributed by atoms with E-state index in [0.717, 1.165) is 16.6 Å². The van der Waals surface area contributed by atoms with E-state index in [1.165, 1.54) is 25.3 Å². The maximum absolute atomic E-state index is 12.4. The van der Waals surface area contributed by atoms with Crippen LogP contribution < -0.4 is 14.8 Å². The number of methoxy groups -OCH3 is 1. The Morgan fingerprint density at radius 2 is 1.89 bits per heavy atom. The molecule has 0 bridgehead atoms. The molecule has 0 fully saturated rings. The molecule has 1 aromatic heterocycles. The Bertz CT molecular complexity index is 1090. The highest BCUT2D eigenvalue weighted by atomic mass is 35.5. The predicted molar refractivity (Wildman–Crippen MR) is 113 cm³/mol. The Kier molecular flexibility index (Phi) is 6.61. The first kappa shape index (κ1) is 20.7. The number of benzene rings is 2. The maximum atomic E-state index is 12.4. The van der Waals surface area contributed by atoms with Gasteiger partial charge in [-0.3, -0.25) is 4.98 Å². The number of aromatic nitrogens is 1. The lowest BCUT2D eigenvalue weighted by Crippen LogP contribution is -2.26. The third-order valence-electron chi connectivity index (χ3n) is 4.10. The molecule has 9 heteroatoms. The van der Waals surface area contributed by atoms with Gasteiger partial charge in [-0.15, -0.1) is 0 Å².